The standard InChI is InChI=1S/C18H16N2O/c19-11-13-6-7-18-16(10-13)17(12-20-18)15(8-9-21)14-4-2-1-3-5-14/h1-7,10,12,15,20-21H,8-9H2/t15-/m0/s1. The van der Waals surface area contributed by atoms with E-state index < -0.39 is 0 Å². The quantitative estimate of drug-likeness (QED) is 0.765. The van der Waals surface area contributed by atoms with Crippen LogP contribution in [0.15, 0.2) is 54.7 Å². The summed E-state index contributed by atoms with van der Waals surface area (Å²) in [6.45, 7) is 0.129. The fraction of sp³-hybridized carbons (Fsp3) is 0.167. The van der Waals surface area contributed by atoms with E-state index in [1.54, 1.807) is 0 Å². The number of hydrogen-bond donors (Lipinski definition) is 2. The van der Waals surface area contributed by atoms with Crippen LogP contribution in [0.4, 0.5) is 0 Å². The Morgan fingerprint density at radius 3 is 2.67 bits per heavy atom. The van der Waals surface area contributed by atoms with E-state index in [1.165, 1.54) is 5.56 Å². The molecule has 3 rings (SSSR count). The van der Waals surface area contributed by atoms with Crippen molar-refractivity contribution < 1.29 is 5.11 Å². The number of benzene rings is 2. The molecule has 0 aliphatic heterocycles. The molecular formula is C18H16N2O. The number of aliphatic hydroxyl groups excluding tert-OH is 1. The first kappa shape index (κ1) is 13.4. The van der Waals surface area contributed by atoms with Gasteiger partial charge in [0.1, 0.15) is 0 Å². The molecule has 0 bridgehead atoms. The van der Waals surface area contributed by atoms with Gasteiger partial charge < -0.3 is 10.1 Å². The number of rotatable bonds is 4. The number of aromatic amines is 1. The Bertz CT molecular complexity index is 784. The van der Waals surface area contributed by atoms with E-state index in [1.807, 2.05) is 42.6 Å². The number of aliphatic hydroxyl groups is 1. The van der Waals surface area contributed by atoms with Gasteiger partial charge in [-0.15, -0.1) is 0 Å². The van der Waals surface area contributed by atoms with E-state index in [9.17, 15) is 5.11 Å². The van der Waals surface area contributed by atoms with E-state index in [-0.39, 0.29) is 12.5 Å². The first-order valence-corrected chi connectivity index (χ1v) is 7.00. The fourth-order valence-electron chi connectivity index (χ4n) is 2.82. The SMILES string of the molecule is N#Cc1ccc2[nH]cc([C@@H](CCO)c3ccccc3)c2c1. The van der Waals surface area contributed by atoms with Crippen LogP contribution in [0.5, 0.6) is 0 Å². The molecule has 1 heterocycles. The molecule has 0 amide bonds. The second-order valence-corrected chi connectivity index (χ2v) is 5.09. The smallest absolute Gasteiger partial charge is 0.0991 e. The second-order valence-electron chi connectivity index (χ2n) is 5.09. The summed E-state index contributed by atoms with van der Waals surface area (Å²) in [6, 6.07) is 18.0. The van der Waals surface area contributed by atoms with Crippen LogP contribution in [0, 0.1) is 11.3 Å². The van der Waals surface area contributed by atoms with Crippen LogP contribution >= 0.6 is 0 Å². The number of aromatic nitrogens is 1. The third-order valence-electron chi connectivity index (χ3n) is 3.84. The maximum absolute atomic E-state index is 9.41. The molecular weight excluding hydrogens is 260 g/mol. The predicted octanol–water partition coefficient (Wildman–Crippen LogP) is 3.55. The molecule has 3 heteroatoms. The Kier molecular flexibility index (Phi) is 3.72. The normalized spacial score (nSPS) is 12.2. The lowest BCUT2D eigenvalue weighted by Crippen LogP contribution is -2.03. The fourth-order valence-corrected chi connectivity index (χ4v) is 2.82. The zero-order chi connectivity index (χ0) is 14.7. The maximum Gasteiger partial charge on any atom is 0.0991 e. The highest BCUT2D eigenvalue weighted by molar-refractivity contribution is 5.85. The van der Waals surface area contributed by atoms with Gasteiger partial charge in [-0.3, -0.25) is 0 Å². The number of nitrogens with zero attached hydrogens (tertiary/aromatic N) is 1. The van der Waals surface area contributed by atoms with Crippen molar-refractivity contribution in [1.82, 2.24) is 4.98 Å². The van der Waals surface area contributed by atoms with E-state index in [0.29, 0.717) is 12.0 Å². The Morgan fingerprint density at radius 2 is 1.95 bits per heavy atom. The maximum atomic E-state index is 9.41. The molecule has 2 aromatic carbocycles. The van der Waals surface area contributed by atoms with E-state index in [0.717, 1.165) is 16.5 Å². The predicted molar refractivity (Wildman–Crippen MR) is 83.0 cm³/mol. The van der Waals surface area contributed by atoms with Gasteiger partial charge >= 0.3 is 0 Å². The molecule has 0 saturated heterocycles. The zero-order valence-electron chi connectivity index (χ0n) is 11.6. The molecule has 0 aliphatic carbocycles. The van der Waals surface area contributed by atoms with Gasteiger partial charge in [0.2, 0.25) is 0 Å². The van der Waals surface area contributed by atoms with E-state index in [4.69, 9.17) is 5.26 Å². The van der Waals surface area contributed by atoms with Gasteiger partial charge in [0, 0.05) is 29.6 Å². The first-order valence-electron chi connectivity index (χ1n) is 7.00. The average molecular weight is 276 g/mol. The topological polar surface area (TPSA) is 59.8 Å². The minimum Gasteiger partial charge on any atom is -0.396 e. The largest absolute Gasteiger partial charge is 0.396 e. The summed E-state index contributed by atoms with van der Waals surface area (Å²) in [5, 5.41) is 19.5. The molecule has 3 nitrogen and oxygen atoms in total. The van der Waals surface area contributed by atoms with Gasteiger partial charge in [0.05, 0.1) is 11.6 Å². The molecule has 0 aliphatic rings. The Balaban J connectivity index is 2.14. The summed E-state index contributed by atoms with van der Waals surface area (Å²) in [5.74, 6) is 0.124. The molecule has 0 fully saturated rings. The van der Waals surface area contributed by atoms with E-state index in [2.05, 4.69) is 23.2 Å². The Morgan fingerprint density at radius 1 is 1.14 bits per heavy atom. The summed E-state index contributed by atoms with van der Waals surface area (Å²) in [6.07, 6.45) is 2.65. The van der Waals surface area contributed by atoms with Crippen molar-refractivity contribution >= 4 is 10.9 Å². The van der Waals surface area contributed by atoms with Crippen LogP contribution in [-0.4, -0.2) is 16.7 Å². The van der Waals surface area contributed by atoms with Gasteiger partial charge in [-0.25, -0.2) is 0 Å². The number of fused-ring (bicyclic) bond motifs is 1. The summed E-state index contributed by atoms with van der Waals surface area (Å²) in [7, 11) is 0. The number of nitrogens with one attached hydrogen (secondary N) is 1. The monoisotopic (exact) mass is 276 g/mol. The van der Waals surface area contributed by atoms with E-state index >= 15 is 0 Å². The van der Waals surface area contributed by atoms with Gasteiger partial charge in [-0.05, 0) is 35.7 Å². The van der Waals surface area contributed by atoms with Gasteiger partial charge in [-0.1, -0.05) is 30.3 Å². The molecule has 0 radical (unpaired) electrons. The zero-order valence-corrected chi connectivity index (χ0v) is 11.6. The van der Waals surface area contributed by atoms with Crippen LogP contribution in [-0.2, 0) is 0 Å². The second kappa shape index (κ2) is 5.82. The average Bonchev–Trinajstić information content (AvgIpc) is 2.96. The number of H-pyrrole nitrogens is 1. The molecule has 21 heavy (non-hydrogen) atoms. The van der Waals surface area contributed by atoms with Crippen LogP contribution < -0.4 is 0 Å². The van der Waals surface area contributed by atoms with Crippen molar-refractivity contribution in [2.75, 3.05) is 6.61 Å². The molecule has 0 saturated carbocycles. The van der Waals surface area contributed by atoms with Crippen LogP contribution in [0.2, 0.25) is 0 Å². The van der Waals surface area contributed by atoms with Crippen molar-refractivity contribution in [1.29, 1.82) is 5.26 Å². The van der Waals surface area contributed by atoms with Gasteiger partial charge in [-0.2, -0.15) is 5.26 Å². The van der Waals surface area contributed by atoms with Gasteiger partial charge in [0.15, 0.2) is 0 Å². The summed E-state index contributed by atoms with van der Waals surface area (Å²) < 4.78 is 0. The van der Waals surface area contributed by atoms with Gasteiger partial charge in [0.25, 0.3) is 0 Å². The lowest BCUT2D eigenvalue weighted by molar-refractivity contribution is 0.282. The highest BCUT2D eigenvalue weighted by Crippen LogP contribution is 2.33. The minimum absolute atomic E-state index is 0.124. The van der Waals surface area contributed by atoms with Crippen molar-refractivity contribution in [3.63, 3.8) is 0 Å². The molecule has 0 unspecified atom stereocenters. The third kappa shape index (κ3) is 2.54. The number of nitriles is 1. The van der Waals surface area contributed by atoms with Crippen LogP contribution in [0.3, 0.4) is 0 Å². The third-order valence-corrected chi connectivity index (χ3v) is 3.84. The first-order chi connectivity index (χ1) is 10.3. The van der Waals surface area contributed by atoms with Crippen molar-refractivity contribution in [2.45, 2.75) is 12.3 Å². The molecule has 3 aromatic rings. The van der Waals surface area contributed by atoms with Crippen molar-refractivity contribution in [2.24, 2.45) is 0 Å². The molecule has 1 atom stereocenters. The lowest BCUT2D eigenvalue weighted by Gasteiger charge is -2.16. The van der Waals surface area contributed by atoms with Crippen molar-refractivity contribution in [3.05, 3.63) is 71.4 Å². The van der Waals surface area contributed by atoms with Crippen LogP contribution in [0.25, 0.3) is 10.9 Å². The van der Waals surface area contributed by atoms with Crippen molar-refractivity contribution in [3.8, 4) is 6.07 Å². The summed E-state index contributed by atoms with van der Waals surface area (Å²) in [5.41, 5.74) is 3.97. The Hall–Kier alpha value is -2.57. The Labute approximate surface area is 123 Å². The summed E-state index contributed by atoms with van der Waals surface area (Å²) >= 11 is 0. The molecule has 104 valence electrons. The number of hydrogen-bond acceptors (Lipinski definition) is 2. The molecule has 0 spiro atoms. The highest BCUT2D eigenvalue weighted by Gasteiger charge is 2.17. The van der Waals surface area contributed by atoms with Crippen LogP contribution in [0.1, 0.15) is 29.0 Å². The summed E-state index contributed by atoms with van der Waals surface area (Å²) in [4.78, 5) is 3.26. The molecule has 2 N–H and O–H groups in total. The minimum atomic E-state index is 0.124. The molecule has 1 aromatic heterocycles. The lowest BCUT2D eigenvalue weighted by atomic mass is 9.88. The highest BCUT2D eigenvalue weighted by atomic mass is 16.3.